The van der Waals surface area contributed by atoms with E-state index >= 15 is 0 Å². The molecule has 1 N–H and O–H groups in total. The molecular weight excluding hydrogens is 410 g/mol. The minimum atomic E-state index is -0.228. The Labute approximate surface area is 185 Å². The maximum absolute atomic E-state index is 13.2. The maximum Gasteiger partial charge on any atom is 0.259 e. The Bertz CT molecular complexity index is 1150. The fraction of sp³-hybridized carbons (Fsp3) is 0.167. The fourth-order valence-electron chi connectivity index (χ4n) is 3.25. The summed E-state index contributed by atoms with van der Waals surface area (Å²) in [4.78, 5) is 14.1. The minimum Gasteiger partial charge on any atom is -0.493 e. The van der Waals surface area contributed by atoms with E-state index in [0.29, 0.717) is 41.6 Å². The van der Waals surface area contributed by atoms with Crippen molar-refractivity contribution in [3.63, 3.8) is 0 Å². The van der Waals surface area contributed by atoms with Crippen LogP contribution in [0.5, 0.6) is 11.5 Å². The number of thiophene rings is 1. The zero-order valence-corrected chi connectivity index (χ0v) is 18.2. The van der Waals surface area contributed by atoms with Gasteiger partial charge in [-0.3, -0.25) is 9.48 Å². The summed E-state index contributed by atoms with van der Waals surface area (Å²) in [6, 6.07) is 19.3. The lowest BCUT2D eigenvalue weighted by atomic mass is 10.2. The maximum atomic E-state index is 13.2. The van der Waals surface area contributed by atoms with Crippen LogP contribution in [0.4, 0.5) is 5.69 Å². The molecule has 2 aromatic heterocycles. The topological polar surface area (TPSA) is 65.4 Å². The highest BCUT2D eigenvalue weighted by atomic mass is 32.1. The third-order valence-corrected chi connectivity index (χ3v) is 5.55. The van der Waals surface area contributed by atoms with E-state index in [1.807, 2.05) is 54.8 Å². The highest BCUT2D eigenvalue weighted by Crippen LogP contribution is 2.31. The number of methoxy groups -OCH3 is 1. The minimum absolute atomic E-state index is 0.228. The number of benzene rings is 2. The first kappa shape index (κ1) is 20.7. The van der Waals surface area contributed by atoms with Crippen molar-refractivity contribution in [1.29, 1.82) is 0 Å². The van der Waals surface area contributed by atoms with E-state index in [2.05, 4.69) is 5.32 Å². The Hall–Kier alpha value is -3.58. The standard InChI is InChI=1S/C24H23N3O3S/c1-3-30-20-12-11-18(14-21(20)29-2)25-24(28)19-16-27(15-17-8-5-4-6-9-17)26-23(19)22-10-7-13-31-22/h4-14,16H,3,15H2,1-2H3,(H,25,28). The first-order chi connectivity index (χ1) is 15.2. The van der Waals surface area contributed by atoms with Crippen molar-refractivity contribution >= 4 is 22.9 Å². The van der Waals surface area contributed by atoms with Gasteiger partial charge in [-0.25, -0.2) is 0 Å². The van der Waals surface area contributed by atoms with Crippen molar-refractivity contribution in [2.75, 3.05) is 19.0 Å². The van der Waals surface area contributed by atoms with E-state index in [-0.39, 0.29) is 5.91 Å². The molecular formula is C24H23N3O3S. The summed E-state index contributed by atoms with van der Waals surface area (Å²) in [6.45, 7) is 3.03. The monoisotopic (exact) mass is 433 g/mol. The third kappa shape index (κ3) is 4.78. The molecule has 4 aromatic rings. The molecule has 0 saturated carbocycles. The molecule has 2 aromatic carbocycles. The molecule has 0 fully saturated rings. The number of nitrogens with one attached hydrogen (secondary N) is 1. The highest BCUT2D eigenvalue weighted by molar-refractivity contribution is 7.13. The van der Waals surface area contributed by atoms with Crippen LogP contribution in [0, 0.1) is 0 Å². The Morgan fingerprint density at radius 1 is 1.10 bits per heavy atom. The Morgan fingerprint density at radius 2 is 1.94 bits per heavy atom. The Kier molecular flexibility index (Phi) is 6.33. The number of nitrogens with zero attached hydrogens (tertiary/aromatic N) is 2. The van der Waals surface area contributed by atoms with Crippen molar-refractivity contribution in [1.82, 2.24) is 9.78 Å². The zero-order chi connectivity index (χ0) is 21.6. The zero-order valence-electron chi connectivity index (χ0n) is 17.4. The second-order valence-corrected chi connectivity index (χ2v) is 7.75. The van der Waals surface area contributed by atoms with Crippen LogP contribution in [0.15, 0.2) is 72.2 Å². The second-order valence-electron chi connectivity index (χ2n) is 6.80. The lowest BCUT2D eigenvalue weighted by Crippen LogP contribution is -2.12. The number of carbonyl (C=O) groups is 1. The molecule has 0 unspecified atom stereocenters. The molecule has 0 saturated heterocycles. The summed E-state index contributed by atoms with van der Waals surface area (Å²) < 4.78 is 12.7. The predicted octanol–water partition coefficient (Wildman–Crippen LogP) is 5.32. The van der Waals surface area contributed by atoms with E-state index in [1.54, 1.807) is 47.5 Å². The van der Waals surface area contributed by atoms with Gasteiger partial charge in [0.2, 0.25) is 0 Å². The number of hydrogen-bond acceptors (Lipinski definition) is 5. The number of ether oxygens (including phenoxy) is 2. The van der Waals surface area contributed by atoms with E-state index in [0.717, 1.165) is 10.4 Å². The number of amides is 1. The van der Waals surface area contributed by atoms with Gasteiger partial charge in [-0.15, -0.1) is 11.3 Å². The van der Waals surface area contributed by atoms with Gasteiger partial charge in [-0.2, -0.15) is 5.10 Å². The molecule has 0 radical (unpaired) electrons. The van der Waals surface area contributed by atoms with Gasteiger partial charge < -0.3 is 14.8 Å². The van der Waals surface area contributed by atoms with Crippen LogP contribution in [0.3, 0.4) is 0 Å². The average molecular weight is 434 g/mol. The predicted molar refractivity (Wildman–Crippen MR) is 123 cm³/mol. The average Bonchev–Trinajstić information content (AvgIpc) is 3.45. The summed E-state index contributed by atoms with van der Waals surface area (Å²) in [5.74, 6) is 0.977. The van der Waals surface area contributed by atoms with Crippen LogP contribution in [0.25, 0.3) is 10.6 Å². The van der Waals surface area contributed by atoms with Gasteiger partial charge in [0.25, 0.3) is 5.91 Å². The van der Waals surface area contributed by atoms with Crippen LogP contribution >= 0.6 is 11.3 Å². The number of hydrogen-bond donors (Lipinski definition) is 1. The summed E-state index contributed by atoms with van der Waals surface area (Å²) in [5.41, 5.74) is 2.93. The van der Waals surface area contributed by atoms with Gasteiger partial charge in [0, 0.05) is 18.0 Å². The van der Waals surface area contributed by atoms with Crippen molar-refractivity contribution in [2.24, 2.45) is 0 Å². The molecule has 0 aliphatic carbocycles. The fourth-order valence-corrected chi connectivity index (χ4v) is 3.98. The number of anilines is 1. The lowest BCUT2D eigenvalue weighted by Gasteiger charge is -2.11. The number of rotatable bonds is 8. The Balaban J connectivity index is 1.62. The normalized spacial score (nSPS) is 10.6. The van der Waals surface area contributed by atoms with Crippen molar-refractivity contribution in [3.8, 4) is 22.1 Å². The second kappa shape index (κ2) is 9.49. The van der Waals surface area contributed by atoms with Gasteiger partial charge in [0.05, 0.1) is 30.7 Å². The summed E-state index contributed by atoms with van der Waals surface area (Å²) >= 11 is 1.55. The molecule has 2 heterocycles. The van der Waals surface area contributed by atoms with Crippen LogP contribution in [0.1, 0.15) is 22.8 Å². The van der Waals surface area contributed by atoms with Crippen molar-refractivity contribution in [2.45, 2.75) is 13.5 Å². The van der Waals surface area contributed by atoms with Crippen LogP contribution in [-0.2, 0) is 6.54 Å². The van der Waals surface area contributed by atoms with Gasteiger partial charge in [0.15, 0.2) is 11.5 Å². The summed E-state index contributed by atoms with van der Waals surface area (Å²) in [7, 11) is 1.58. The van der Waals surface area contributed by atoms with E-state index in [9.17, 15) is 4.79 Å². The molecule has 0 aliphatic heterocycles. The van der Waals surface area contributed by atoms with E-state index in [4.69, 9.17) is 14.6 Å². The smallest absolute Gasteiger partial charge is 0.259 e. The van der Waals surface area contributed by atoms with Gasteiger partial charge in [-0.05, 0) is 36.1 Å². The first-order valence-corrected chi connectivity index (χ1v) is 10.8. The Morgan fingerprint density at radius 3 is 2.65 bits per heavy atom. The quantitative estimate of drug-likeness (QED) is 0.408. The SMILES string of the molecule is CCOc1ccc(NC(=O)c2cn(Cc3ccccc3)nc2-c2cccs2)cc1OC. The van der Waals surface area contributed by atoms with E-state index < -0.39 is 0 Å². The summed E-state index contributed by atoms with van der Waals surface area (Å²) in [5, 5.41) is 9.64. The molecule has 158 valence electrons. The van der Waals surface area contributed by atoms with Gasteiger partial charge >= 0.3 is 0 Å². The molecule has 31 heavy (non-hydrogen) atoms. The largest absolute Gasteiger partial charge is 0.493 e. The molecule has 7 heteroatoms. The molecule has 4 rings (SSSR count). The molecule has 0 bridgehead atoms. The third-order valence-electron chi connectivity index (χ3n) is 4.67. The van der Waals surface area contributed by atoms with Crippen LogP contribution < -0.4 is 14.8 Å². The van der Waals surface area contributed by atoms with Crippen LogP contribution in [-0.4, -0.2) is 29.4 Å². The number of carbonyl (C=O) groups excluding carboxylic acids is 1. The highest BCUT2D eigenvalue weighted by Gasteiger charge is 2.19. The van der Waals surface area contributed by atoms with Crippen LogP contribution in [0.2, 0.25) is 0 Å². The summed E-state index contributed by atoms with van der Waals surface area (Å²) in [6.07, 6.45) is 1.79. The molecule has 0 aliphatic rings. The van der Waals surface area contributed by atoms with Gasteiger partial charge in [0.1, 0.15) is 5.69 Å². The molecule has 0 atom stereocenters. The molecule has 6 nitrogen and oxygen atoms in total. The van der Waals surface area contributed by atoms with Crippen molar-refractivity contribution in [3.05, 3.63) is 83.4 Å². The molecule has 0 spiro atoms. The van der Waals surface area contributed by atoms with Crippen molar-refractivity contribution < 1.29 is 14.3 Å². The first-order valence-electron chi connectivity index (χ1n) is 9.95. The van der Waals surface area contributed by atoms with E-state index in [1.165, 1.54) is 0 Å². The van der Waals surface area contributed by atoms with Gasteiger partial charge in [-0.1, -0.05) is 36.4 Å². The number of aromatic nitrogens is 2. The molecule has 1 amide bonds. The lowest BCUT2D eigenvalue weighted by molar-refractivity contribution is 0.102.